The van der Waals surface area contributed by atoms with E-state index in [0.717, 1.165) is 13.2 Å². The lowest BCUT2D eigenvalue weighted by Crippen LogP contribution is -2.39. The van der Waals surface area contributed by atoms with Crippen LogP contribution in [-0.2, 0) is 4.74 Å². The third kappa shape index (κ3) is 3.09. The summed E-state index contributed by atoms with van der Waals surface area (Å²) in [4.78, 5) is 2.14. The van der Waals surface area contributed by atoms with Crippen LogP contribution >= 0.6 is 0 Å². The van der Waals surface area contributed by atoms with Crippen LogP contribution in [0.25, 0.3) is 0 Å². The van der Waals surface area contributed by atoms with Gasteiger partial charge in [0.2, 0.25) is 0 Å². The summed E-state index contributed by atoms with van der Waals surface area (Å²) >= 11 is 0. The molecule has 0 aromatic rings. The average Bonchev–Trinajstić information content (AvgIpc) is 2.54. The van der Waals surface area contributed by atoms with Crippen molar-refractivity contribution in [2.24, 2.45) is 11.7 Å². The van der Waals surface area contributed by atoms with Gasteiger partial charge >= 0.3 is 0 Å². The molecule has 2 unspecified atom stereocenters. The van der Waals surface area contributed by atoms with Crippen molar-refractivity contribution in [1.29, 1.82) is 0 Å². The minimum absolute atomic E-state index is 0.532. The van der Waals surface area contributed by atoms with E-state index in [1.807, 2.05) is 20.9 Å². The monoisotopic (exact) mass is 174 g/mol. The van der Waals surface area contributed by atoms with Gasteiger partial charge in [0.05, 0.1) is 13.2 Å². The molecule has 0 bridgehead atoms. The summed E-state index contributed by atoms with van der Waals surface area (Å²) in [6, 6.07) is 0.532. The summed E-state index contributed by atoms with van der Waals surface area (Å²) in [5.41, 5.74) is 5.48. The van der Waals surface area contributed by atoms with E-state index >= 15 is 0 Å². The summed E-state index contributed by atoms with van der Waals surface area (Å²) < 4.78 is 5.30. The summed E-state index contributed by atoms with van der Waals surface area (Å²) in [6.45, 7) is 8.55. The molecular weight excluding hydrogens is 152 g/mol. The second-order valence-corrected chi connectivity index (χ2v) is 3.02. The van der Waals surface area contributed by atoms with Crippen LogP contribution in [0, 0.1) is 5.92 Å². The van der Waals surface area contributed by atoms with Crippen LogP contribution in [0.5, 0.6) is 0 Å². The molecule has 1 aliphatic rings. The highest BCUT2D eigenvalue weighted by molar-refractivity contribution is 4.78. The summed E-state index contributed by atoms with van der Waals surface area (Å²) in [6.07, 6.45) is 0. The van der Waals surface area contributed by atoms with Crippen molar-refractivity contribution in [2.75, 3.05) is 26.9 Å². The predicted octanol–water partition coefficient (Wildman–Crippen LogP) is 0.895. The van der Waals surface area contributed by atoms with Gasteiger partial charge in [0.1, 0.15) is 0 Å². The van der Waals surface area contributed by atoms with Gasteiger partial charge in [0.25, 0.3) is 0 Å². The summed E-state index contributed by atoms with van der Waals surface area (Å²) in [7, 11) is 2.04. The van der Waals surface area contributed by atoms with E-state index in [0.29, 0.717) is 18.6 Å². The molecule has 1 heterocycles. The van der Waals surface area contributed by atoms with E-state index in [1.54, 1.807) is 0 Å². The van der Waals surface area contributed by atoms with Gasteiger partial charge in [-0.05, 0) is 13.0 Å². The van der Waals surface area contributed by atoms with Crippen molar-refractivity contribution >= 4 is 0 Å². The smallest absolute Gasteiger partial charge is 0.0625 e. The molecule has 12 heavy (non-hydrogen) atoms. The van der Waals surface area contributed by atoms with Crippen LogP contribution in [0.2, 0.25) is 0 Å². The third-order valence-electron chi connectivity index (χ3n) is 2.18. The van der Waals surface area contributed by atoms with Gasteiger partial charge in [-0.15, -0.1) is 0 Å². The standard InChI is InChI=1S/C7H16N2O.C2H6/c1-6-3-10-4-7(6)9(2)5-8;1-2/h6-7H,3-5,8H2,1-2H3;1-2H3. The molecule has 3 heteroatoms. The molecule has 2 atom stereocenters. The Morgan fingerprint density at radius 1 is 1.42 bits per heavy atom. The largest absolute Gasteiger partial charge is 0.379 e. The molecule has 0 aromatic carbocycles. The Morgan fingerprint density at radius 2 is 2.00 bits per heavy atom. The maximum absolute atomic E-state index is 5.48. The quantitative estimate of drug-likeness (QED) is 0.632. The van der Waals surface area contributed by atoms with Crippen LogP contribution in [0.3, 0.4) is 0 Å². The molecule has 74 valence electrons. The van der Waals surface area contributed by atoms with Crippen LogP contribution in [0.1, 0.15) is 20.8 Å². The summed E-state index contributed by atoms with van der Waals surface area (Å²) in [5.74, 6) is 0.633. The van der Waals surface area contributed by atoms with Crippen molar-refractivity contribution in [3.8, 4) is 0 Å². The Hall–Kier alpha value is -0.120. The molecule has 1 rings (SSSR count). The highest BCUT2D eigenvalue weighted by atomic mass is 16.5. The van der Waals surface area contributed by atoms with Crippen molar-refractivity contribution in [1.82, 2.24) is 4.90 Å². The van der Waals surface area contributed by atoms with E-state index in [4.69, 9.17) is 10.5 Å². The molecule has 0 saturated carbocycles. The number of nitrogens with two attached hydrogens (primary N) is 1. The number of nitrogens with zero attached hydrogens (tertiary/aromatic N) is 1. The first-order chi connectivity index (χ1) is 5.75. The van der Waals surface area contributed by atoms with E-state index in [-0.39, 0.29) is 0 Å². The highest BCUT2D eigenvalue weighted by Crippen LogP contribution is 2.16. The topological polar surface area (TPSA) is 38.5 Å². The fourth-order valence-electron chi connectivity index (χ4n) is 1.35. The second kappa shape index (κ2) is 6.40. The Morgan fingerprint density at radius 3 is 2.33 bits per heavy atom. The molecule has 0 aliphatic carbocycles. The fraction of sp³-hybridized carbons (Fsp3) is 1.00. The van der Waals surface area contributed by atoms with Crippen LogP contribution < -0.4 is 5.73 Å². The lowest BCUT2D eigenvalue weighted by Gasteiger charge is -2.23. The molecule has 3 nitrogen and oxygen atoms in total. The molecular formula is C9H22N2O. The molecule has 2 N–H and O–H groups in total. The van der Waals surface area contributed by atoms with Crippen molar-refractivity contribution < 1.29 is 4.74 Å². The van der Waals surface area contributed by atoms with Crippen molar-refractivity contribution in [3.05, 3.63) is 0 Å². The molecule has 0 aromatic heterocycles. The van der Waals surface area contributed by atoms with Gasteiger partial charge in [0, 0.05) is 12.7 Å². The van der Waals surface area contributed by atoms with Gasteiger partial charge in [-0.25, -0.2) is 0 Å². The number of hydrogen-bond donors (Lipinski definition) is 1. The first kappa shape index (κ1) is 11.9. The third-order valence-corrected chi connectivity index (χ3v) is 2.18. The Labute approximate surface area is 75.9 Å². The zero-order chi connectivity index (χ0) is 9.56. The normalized spacial score (nSPS) is 28.5. The van der Waals surface area contributed by atoms with E-state index in [1.165, 1.54) is 0 Å². The minimum Gasteiger partial charge on any atom is -0.379 e. The lowest BCUT2D eigenvalue weighted by molar-refractivity contribution is 0.160. The molecule has 1 aliphatic heterocycles. The second-order valence-electron chi connectivity index (χ2n) is 3.02. The zero-order valence-electron chi connectivity index (χ0n) is 8.71. The van der Waals surface area contributed by atoms with Gasteiger partial charge in [-0.3, -0.25) is 4.90 Å². The van der Waals surface area contributed by atoms with E-state index < -0.39 is 0 Å². The SMILES string of the molecule is CC.CC1COCC1N(C)CN. The predicted molar refractivity (Wildman–Crippen MR) is 51.9 cm³/mol. The zero-order valence-corrected chi connectivity index (χ0v) is 8.71. The van der Waals surface area contributed by atoms with E-state index in [2.05, 4.69) is 11.8 Å². The minimum atomic E-state index is 0.532. The Kier molecular flexibility index (Phi) is 6.34. The lowest BCUT2D eigenvalue weighted by atomic mass is 10.1. The fourth-order valence-corrected chi connectivity index (χ4v) is 1.35. The summed E-state index contributed by atoms with van der Waals surface area (Å²) in [5, 5.41) is 0. The van der Waals surface area contributed by atoms with E-state index in [9.17, 15) is 0 Å². The van der Waals surface area contributed by atoms with Crippen molar-refractivity contribution in [2.45, 2.75) is 26.8 Å². The molecule has 1 saturated heterocycles. The maximum atomic E-state index is 5.48. The molecule has 1 fully saturated rings. The van der Waals surface area contributed by atoms with Crippen molar-refractivity contribution in [3.63, 3.8) is 0 Å². The number of ether oxygens (including phenoxy) is 1. The van der Waals surface area contributed by atoms with Crippen LogP contribution in [0.15, 0.2) is 0 Å². The molecule has 0 spiro atoms. The first-order valence-electron chi connectivity index (χ1n) is 4.73. The Balaban J connectivity index is 0.000000561. The number of rotatable bonds is 2. The molecule has 0 amide bonds. The maximum Gasteiger partial charge on any atom is 0.0625 e. The van der Waals surface area contributed by atoms with Gasteiger partial charge in [-0.2, -0.15) is 0 Å². The van der Waals surface area contributed by atoms with Gasteiger partial charge in [0.15, 0.2) is 0 Å². The van der Waals surface area contributed by atoms with Crippen LogP contribution in [0.4, 0.5) is 0 Å². The number of hydrogen-bond acceptors (Lipinski definition) is 3. The Bertz CT molecular complexity index is 109. The van der Waals surface area contributed by atoms with Gasteiger partial charge < -0.3 is 10.5 Å². The molecule has 0 radical (unpaired) electrons. The number of likely N-dealkylation sites (N-methyl/N-ethyl adjacent to an activating group) is 1. The van der Waals surface area contributed by atoms with Gasteiger partial charge in [-0.1, -0.05) is 20.8 Å². The highest BCUT2D eigenvalue weighted by Gasteiger charge is 2.26. The first-order valence-corrected chi connectivity index (χ1v) is 4.73. The van der Waals surface area contributed by atoms with Crippen LogP contribution in [-0.4, -0.2) is 37.9 Å². The average molecular weight is 174 g/mol.